The summed E-state index contributed by atoms with van der Waals surface area (Å²) in [5.74, 6) is 0.946. The highest BCUT2D eigenvalue weighted by atomic mass is 79.9. The summed E-state index contributed by atoms with van der Waals surface area (Å²) in [4.78, 5) is 0. The molecule has 1 rings (SSSR count). The Morgan fingerprint density at radius 3 is 2.62 bits per heavy atom. The van der Waals surface area contributed by atoms with Crippen LogP contribution in [-0.4, -0.2) is 6.61 Å². The minimum Gasteiger partial charge on any atom is -0.492 e. The molecule has 0 heterocycles. The average molecular weight is 350 g/mol. The van der Waals surface area contributed by atoms with Crippen molar-refractivity contribution in [2.24, 2.45) is 0 Å². The lowest BCUT2D eigenvalue weighted by Crippen LogP contribution is -1.98. The highest BCUT2D eigenvalue weighted by molar-refractivity contribution is 9.10. The van der Waals surface area contributed by atoms with Crippen molar-refractivity contribution in [3.05, 3.63) is 28.2 Å². The molecule has 0 amide bonds. The van der Waals surface area contributed by atoms with Crippen LogP contribution in [0.4, 0.5) is 0 Å². The van der Waals surface area contributed by atoms with Crippen LogP contribution in [-0.2, 0) is 5.33 Å². The average Bonchev–Trinajstić information content (AvgIpc) is 2.30. The molecule has 0 saturated carbocycles. The largest absolute Gasteiger partial charge is 0.492 e. The van der Waals surface area contributed by atoms with Crippen LogP contribution in [0.15, 0.2) is 22.7 Å². The van der Waals surface area contributed by atoms with E-state index in [1.54, 1.807) is 0 Å². The lowest BCUT2D eigenvalue weighted by molar-refractivity contribution is 0.303. The second kappa shape index (κ2) is 8.13. The summed E-state index contributed by atoms with van der Waals surface area (Å²) in [6, 6.07) is 6.21. The molecule has 1 nitrogen and oxygen atoms in total. The first-order valence-electron chi connectivity index (χ1n) is 5.75. The van der Waals surface area contributed by atoms with E-state index < -0.39 is 0 Å². The van der Waals surface area contributed by atoms with E-state index in [0.717, 1.165) is 28.6 Å². The predicted octanol–water partition coefficient (Wildman–Crippen LogP) is 5.30. The fourth-order valence-corrected chi connectivity index (χ4v) is 2.34. The third kappa shape index (κ3) is 4.88. The van der Waals surface area contributed by atoms with Gasteiger partial charge in [-0.2, -0.15) is 0 Å². The normalized spacial score (nSPS) is 10.4. The van der Waals surface area contributed by atoms with E-state index in [-0.39, 0.29) is 0 Å². The molecule has 3 heteroatoms. The smallest absolute Gasteiger partial charge is 0.133 e. The SMILES string of the molecule is CCCCCCOc1ccc(CBr)cc1Br. The van der Waals surface area contributed by atoms with Gasteiger partial charge >= 0.3 is 0 Å². The standard InChI is InChI=1S/C13H18Br2O/c1-2-3-4-5-8-16-13-7-6-11(10-14)9-12(13)15/h6-7,9H,2-5,8,10H2,1H3. The maximum Gasteiger partial charge on any atom is 0.133 e. The molecule has 1 aromatic carbocycles. The Morgan fingerprint density at radius 2 is 2.00 bits per heavy atom. The van der Waals surface area contributed by atoms with Crippen molar-refractivity contribution in [2.45, 2.75) is 37.9 Å². The van der Waals surface area contributed by atoms with Crippen molar-refractivity contribution < 1.29 is 4.74 Å². The Hall–Kier alpha value is -0.0200. The van der Waals surface area contributed by atoms with Gasteiger partial charge < -0.3 is 4.74 Å². The maximum absolute atomic E-state index is 5.72. The van der Waals surface area contributed by atoms with Crippen LogP contribution in [0, 0.1) is 0 Å². The Balaban J connectivity index is 2.36. The quantitative estimate of drug-likeness (QED) is 0.479. The van der Waals surface area contributed by atoms with Gasteiger partial charge in [0, 0.05) is 5.33 Å². The maximum atomic E-state index is 5.72. The highest BCUT2D eigenvalue weighted by Gasteiger charge is 2.01. The fourth-order valence-electron chi connectivity index (χ4n) is 1.46. The summed E-state index contributed by atoms with van der Waals surface area (Å²) in [5.41, 5.74) is 1.25. The number of ether oxygens (including phenoxy) is 1. The molecule has 0 N–H and O–H groups in total. The van der Waals surface area contributed by atoms with Gasteiger partial charge in [-0.05, 0) is 40.0 Å². The molecule has 0 radical (unpaired) electrons. The van der Waals surface area contributed by atoms with E-state index in [4.69, 9.17) is 4.74 Å². The monoisotopic (exact) mass is 348 g/mol. The third-order valence-electron chi connectivity index (χ3n) is 2.41. The van der Waals surface area contributed by atoms with Crippen LogP contribution in [0.5, 0.6) is 5.75 Å². The van der Waals surface area contributed by atoms with E-state index in [9.17, 15) is 0 Å². The second-order valence-electron chi connectivity index (χ2n) is 3.81. The lowest BCUT2D eigenvalue weighted by Gasteiger charge is -2.08. The molecule has 0 fully saturated rings. The molecule has 16 heavy (non-hydrogen) atoms. The van der Waals surface area contributed by atoms with E-state index >= 15 is 0 Å². The molecule has 0 aliphatic carbocycles. The first kappa shape index (κ1) is 14.0. The zero-order chi connectivity index (χ0) is 11.8. The Morgan fingerprint density at radius 1 is 1.19 bits per heavy atom. The molecule has 0 aliphatic rings. The third-order valence-corrected chi connectivity index (χ3v) is 3.67. The summed E-state index contributed by atoms with van der Waals surface area (Å²) in [5, 5.41) is 0.877. The minimum atomic E-state index is 0.812. The van der Waals surface area contributed by atoms with Gasteiger partial charge in [0.25, 0.3) is 0 Å². The zero-order valence-corrected chi connectivity index (χ0v) is 12.8. The van der Waals surface area contributed by atoms with Crippen molar-refractivity contribution in [3.8, 4) is 5.75 Å². The van der Waals surface area contributed by atoms with Crippen molar-refractivity contribution in [2.75, 3.05) is 6.61 Å². The molecular weight excluding hydrogens is 332 g/mol. The van der Waals surface area contributed by atoms with Gasteiger partial charge in [-0.25, -0.2) is 0 Å². The van der Waals surface area contributed by atoms with Gasteiger partial charge in [0.2, 0.25) is 0 Å². The molecule has 0 atom stereocenters. The topological polar surface area (TPSA) is 9.23 Å². The van der Waals surface area contributed by atoms with Gasteiger partial charge in [0.05, 0.1) is 11.1 Å². The number of alkyl halides is 1. The number of hydrogen-bond acceptors (Lipinski definition) is 1. The summed E-state index contributed by atoms with van der Waals surface area (Å²) in [7, 11) is 0. The summed E-state index contributed by atoms with van der Waals surface area (Å²) in [6.07, 6.45) is 4.96. The van der Waals surface area contributed by atoms with Gasteiger partial charge in [-0.15, -0.1) is 0 Å². The minimum absolute atomic E-state index is 0.812. The van der Waals surface area contributed by atoms with Crippen LogP contribution >= 0.6 is 31.9 Å². The molecule has 1 aromatic rings. The van der Waals surface area contributed by atoms with E-state index in [0.29, 0.717) is 0 Å². The van der Waals surface area contributed by atoms with Crippen molar-refractivity contribution in [1.82, 2.24) is 0 Å². The van der Waals surface area contributed by atoms with Gasteiger partial charge in [0.1, 0.15) is 5.75 Å². The molecule has 0 saturated heterocycles. The van der Waals surface area contributed by atoms with Crippen molar-refractivity contribution in [1.29, 1.82) is 0 Å². The number of hydrogen-bond donors (Lipinski definition) is 0. The Labute approximate surface area is 115 Å². The van der Waals surface area contributed by atoms with Crippen LogP contribution in [0.25, 0.3) is 0 Å². The molecule has 0 spiro atoms. The number of rotatable bonds is 7. The van der Waals surface area contributed by atoms with Gasteiger partial charge in [0.15, 0.2) is 0 Å². The van der Waals surface area contributed by atoms with Crippen LogP contribution in [0.3, 0.4) is 0 Å². The van der Waals surface area contributed by atoms with E-state index in [1.165, 1.54) is 24.8 Å². The molecule has 0 unspecified atom stereocenters. The number of benzene rings is 1. The lowest BCUT2D eigenvalue weighted by atomic mass is 10.2. The molecule has 90 valence electrons. The Bertz CT molecular complexity index is 313. The Kier molecular flexibility index (Phi) is 7.13. The second-order valence-corrected chi connectivity index (χ2v) is 5.22. The van der Waals surface area contributed by atoms with Crippen LogP contribution < -0.4 is 4.74 Å². The van der Waals surface area contributed by atoms with Gasteiger partial charge in [-0.3, -0.25) is 0 Å². The summed E-state index contributed by atoms with van der Waals surface area (Å²) >= 11 is 6.96. The predicted molar refractivity (Wildman–Crippen MR) is 76.4 cm³/mol. The first-order valence-corrected chi connectivity index (χ1v) is 7.66. The summed E-state index contributed by atoms with van der Waals surface area (Å²) in [6.45, 7) is 3.03. The molecule has 0 aliphatic heterocycles. The van der Waals surface area contributed by atoms with E-state index in [1.807, 2.05) is 6.07 Å². The van der Waals surface area contributed by atoms with Crippen LogP contribution in [0.2, 0.25) is 0 Å². The van der Waals surface area contributed by atoms with E-state index in [2.05, 4.69) is 50.9 Å². The van der Waals surface area contributed by atoms with Crippen molar-refractivity contribution >= 4 is 31.9 Å². The molecule has 0 aromatic heterocycles. The molecule has 0 bridgehead atoms. The highest BCUT2D eigenvalue weighted by Crippen LogP contribution is 2.27. The summed E-state index contributed by atoms with van der Waals surface area (Å²) < 4.78 is 6.76. The van der Waals surface area contributed by atoms with Crippen molar-refractivity contribution in [3.63, 3.8) is 0 Å². The number of halogens is 2. The molecular formula is C13H18Br2O. The fraction of sp³-hybridized carbons (Fsp3) is 0.538. The number of unbranched alkanes of at least 4 members (excludes halogenated alkanes) is 3. The van der Waals surface area contributed by atoms with Gasteiger partial charge in [-0.1, -0.05) is 48.2 Å². The van der Waals surface area contributed by atoms with Crippen LogP contribution in [0.1, 0.15) is 38.2 Å². The first-order chi connectivity index (χ1) is 7.77. The zero-order valence-electron chi connectivity index (χ0n) is 9.64.